The summed E-state index contributed by atoms with van der Waals surface area (Å²) in [5.41, 5.74) is 0. The van der Waals surface area contributed by atoms with E-state index < -0.39 is 24.1 Å². The van der Waals surface area contributed by atoms with E-state index in [-0.39, 0.29) is 13.2 Å². The minimum absolute atomic E-state index is 0.105. The van der Waals surface area contributed by atoms with Gasteiger partial charge in [0.1, 0.15) is 0 Å². The molecular formula is C10H14O7. The van der Waals surface area contributed by atoms with Gasteiger partial charge in [0, 0.05) is 0 Å². The number of carbonyl (C=O) groups is 2. The van der Waals surface area contributed by atoms with Crippen LogP contribution in [0.4, 0.5) is 0 Å². The van der Waals surface area contributed by atoms with E-state index in [4.69, 9.17) is 18.9 Å². The van der Waals surface area contributed by atoms with Crippen LogP contribution in [0.2, 0.25) is 0 Å². The Balaban J connectivity index is 1.78. The molecule has 0 aliphatic carbocycles. The molecule has 7 heteroatoms. The molecule has 0 aromatic heterocycles. The molecular weight excluding hydrogens is 232 g/mol. The zero-order chi connectivity index (χ0) is 12.1. The SMILES string of the molecule is O=C(OC(=O)C1COCCO1)C1COCCO1. The van der Waals surface area contributed by atoms with Crippen LogP contribution in [0.25, 0.3) is 0 Å². The zero-order valence-electron chi connectivity index (χ0n) is 9.26. The molecule has 2 unspecified atom stereocenters. The molecule has 0 N–H and O–H groups in total. The average Bonchev–Trinajstić information content (AvgIpc) is 2.40. The number of carbonyl (C=O) groups excluding carboxylic acids is 2. The third-order valence-electron chi connectivity index (χ3n) is 2.36. The maximum absolute atomic E-state index is 11.5. The van der Waals surface area contributed by atoms with Crippen molar-refractivity contribution in [1.29, 1.82) is 0 Å². The van der Waals surface area contributed by atoms with Gasteiger partial charge in [0.15, 0.2) is 12.2 Å². The molecule has 2 saturated heterocycles. The van der Waals surface area contributed by atoms with Crippen LogP contribution >= 0.6 is 0 Å². The lowest BCUT2D eigenvalue weighted by Gasteiger charge is -2.23. The summed E-state index contributed by atoms with van der Waals surface area (Å²) in [5.74, 6) is -1.49. The van der Waals surface area contributed by atoms with Gasteiger partial charge in [-0.3, -0.25) is 0 Å². The summed E-state index contributed by atoms with van der Waals surface area (Å²) >= 11 is 0. The van der Waals surface area contributed by atoms with Gasteiger partial charge in [-0.2, -0.15) is 0 Å². The Bertz CT molecular complexity index is 250. The summed E-state index contributed by atoms with van der Waals surface area (Å²) < 4.78 is 24.9. The van der Waals surface area contributed by atoms with Gasteiger partial charge in [-0.05, 0) is 0 Å². The van der Waals surface area contributed by atoms with Gasteiger partial charge in [-0.25, -0.2) is 9.59 Å². The average molecular weight is 246 g/mol. The standard InChI is InChI=1S/C10H14O7/c11-9(7-5-13-1-3-15-7)17-10(12)8-6-14-2-4-16-8/h7-8H,1-6H2. The Morgan fingerprint density at radius 2 is 1.29 bits per heavy atom. The highest BCUT2D eigenvalue weighted by molar-refractivity contribution is 5.90. The van der Waals surface area contributed by atoms with Crippen LogP contribution in [-0.2, 0) is 33.3 Å². The Kier molecular flexibility index (Phi) is 4.43. The highest BCUT2D eigenvalue weighted by Crippen LogP contribution is 2.07. The maximum Gasteiger partial charge on any atom is 0.345 e. The minimum Gasteiger partial charge on any atom is -0.389 e. The van der Waals surface area contributed by atoms with Crippen molar-refractivity contribution in [3.8, 4) is 0 Å². The van der Waals surface area contributed by atoms with Gasteiger partial charge >= 0.3 is 11.9 Å². The maximum atomic E-state index is 11.5. The number of esters is 2. The molecule has 0 radical (unpaired) electrons. The highest BCUT2D eigenvalue weighted by atomic mass is 16.6. The summed E-state index contributed by atoms with van der Waals surface area (Å²) in [6.45, 7) is 1.73. The van der Waals surface area contributed by atoms with Crippen molar-refractivity contribution in [3.05, 3.63) is 0 Å². The van der Waals surface area contributed by atoms with Crippen molar-refractivity contribution in [1.82, 2.24) is 0 Å². The van der Waals surface area contributed by atoms with Crippen LogP contribution in [-0.4, -0.2) is 63.8 Å². The van der Waals surface area contributed by atoms with E-state index in [1.165, 1.54) is 0 Å². The lowest BCUT2D eigenvalue weighted by atomic mass is 10.3. The summed E-state index contributed by atoms with van der Waals surface area (Å²) in [7, 11) is 0. The van der Waals surface area contributed by atoms with Crippen LogP contribution in [0, 0.1) is 0 Å². The van der Waals surface area contributed by atoms with Gasteiger partial charge in [-0.15, -0.1) is 0 Å². The van der Waals surface area contributed by atoms with Crippen molar-refractivity contribution < 1.29 is 33.3 Å². The van der Waals surface area contributed by atoms with E-state index in [0.717, 1.165) is 0 Å². The monoisotopic (exact) mass is 246 g/mol. The molecule has 0 amide bonds. The number of hydrogen-bond acceptors (Lipinski definition) is 7. The molecule has 96 valence electrons. The van der Waals surface area contributed by atoms with Gasteiger partial charge in [0.2, 0.25) is 0 Å². The van der Waals surface area contributed by atoms with Crippen molar-refractivity contribution >= 4 is 11.9 Å². The van der Waals surface area contributed by atoms with Crippen molar-refractivity contribution in [2.24, 2.45) is 0 Å². The molecule has 2 atom stereocenters. The van der Waals surface area contributed by atoms with Gasteiger partial charge in [0.25, 0.3) is 0 Å². The van der Waals surface area contributed by atoms with Gasteiger partial charge < -0.3 is 23.7 Å². The fraction of sp³-hybridized carbons (Fsp3) is 0.800. The highest BCUT2D eigenvalue weighted by Gasteiger charge is 2.31. The second-order valence-corrected chi connectivity index (χ2v) is 3.61. The van der Waals surface area contributed by atoms with Gasteiger partial charge in [-0.1, -0.05) is 0 Å². The fourth-order valence-corrected chi connectivity index (χ4v) is 1.48. The zero-order valence-corrected chi connectivity index (χ0v) is 9.26. The summed E-state index contributed by atoms with van der Waals surface area (Å²) in [6, 6.07) is 0. The Labute approximate surface area is 97.9 Å². The molecule has 0 aromatic carbocycles. The lowest BCUT2D eigenvalue weighted by Crippen LogP contribution is -2.42. The molecule has 0 aromatic rings. The van der Waals surface area contributed by atoms with Crippen LogP contribution in [0.3, 0.4) is 0 Å². The molecule has 2 rings (SSSR count). The predicted molar refractivity (Wildman–Crippen MR) is 52.2 cm³/mol. The first-order valence-corrected chi connectivity index (χ1v) is 5.41. The molecule has 0 bridgehead atoms. The first-order valence-electron chi connectivity index (χ1n) is 5.41. The second-order valence-electron chi connectivity index (χ2n) is 3.61. The Hall–Kier alpha value is -1.02. The van der Waals surface area contributed by atoms with Crippen LogP contribution < -0.4 is 0 Å². The first-order chi connectivity index (χ1) is 8.27. The second kappa shape index (κ2) is 6.06. The van der Waals surface area contributed by atoms with Crippen molar-refractivity contribution in [2.75, 3.05) is 39.6 Å². The molecule has 0 saturated carbocycles. The topological polar surface area (TPSA) is 80.3 Å². The van der Waals surface area contributed by atoms with Crippen molar-refractivity contribution in [3.63, 3.8) is 0 Å². The lowest BCUT2D eigenvalue weighted by molar-refractivity contribution is -0.188. The quantitative estimate of drug-likeness (QED) is 0.451. The number of hydrogen-bond donors (Lipinski definition) is 0. The summed E-state index contributed by atoms with van der Waals surface area (Å²) in [4.78, 5) is 23.0. The molecule has 17 heavy (non-hydrogen) atoms. The fourth-order valence-electron chi connectivity index (χ4n) is 1.48. The van der Waals surface area contributed by atoms with E-state index in [1.807, 2.05) is 0 Å². The van der Waals surface area contributed by atoms with Crippen LogP contribution in [0.15, 0.2) is 0 Å². The normalized spacial score (nSPS) is 29.6. The third kappa shape index (κ3) is 3.47. The summed E-state index contributed by atoms with van der Waals surface area (Å²) in [6.07, 6.45) is -1.67. The molecule has 0 spiro atoms. The van der Waals surface area contributed by atoms with E-state index in [9.17, 15) is 9.59 Å². The third-order valence-corrected chi connectivity index (χ3v) is 2.36. The first kappa shape index (κ1) is 12.4. The smallest absolute Gasteiger partial charge is 0.345 e. The van der Waals surface area contributed by atoms with Crippen molar-refractivity contribution in [2.45, 2.75) is 12.2 Å². The van der Waals surface area contributed by atoms with E-state index >= 15 is 0 Å². The molecule has 2 fully saturated rings. The van der Waals surface area contributed by atoms with Gasteiger partial charge in [0.05, 0.1) is 39.6 Å². The predicted octanol–water partition coefficient (Wildman–Crippen LogP) is -1.11. The van der Waals surface area contributed by atoms with E-state index in [0.29, 0.717) is 26.4 Å². The summed E-state index contributed by atoms with van der Waals surface area (Å²) in [5, 5.41) is 0. The molecule has 2 heterocycles. The van der Waals surface area contributed by atoms with Crippen LogP contribution in [0.5, 0.6) is 0 Å². The Morgan fingerprint density at radius 3 is 1.65 bits per heavy atom. The molecule has 7 nitrogen and oxygen atoms in total. The molecule has 2 aliphatic heterocycles. The van der Waals surface area contributed by atoms with Crippen LogP contribution in [0.1, 0.15) is 0 Å². The van der Waals surface area contributed by atoms with E-state index in [1.54, 1.807) is 0 Å². The number of rotatable bonds is 2. The van der Waals surface area contributed by atoms with E-state index in [2.05, 4.69) is 4.74 Å². The number of ether oxygens (including phenoxy) is 5. The Morgan fingerprint density at radius 1 is 0.824 bits per heavy atom. The molecule has 2 aliphatic rings. The minimum atomic E-state index is -0.836. The largest absolute Gasteiger partial charge is 0.389 e.